The molecule has 6 nitrogen and oxygen atoms in total. The number of carbonyl (C=O) groups is 2. The molecule has 0 aliphatic heterocycles. The molecule has 0 fully saturated rings. The van der Waals surface area contributed by atoms with E-state index in [4.69, 9.17) is 10.5 Å². The van der Waals surface area contributed by atoms with E-state index in [9.17, 15) is 14.0 Å². The summed E-state index contributed by atoms with van der Waals surface area (Å²) < 4.78 is 17.8. The highest BCUT2D eigenvalue weighted by Crippen LogP contribution is 2.08. The number of ether oxygens (including phenoxy) is 1. The molecule has 1 rings (SSSR count). The molecule has 3 N–H and O–H groups in total. The Morgan fingerprint density at radius 3 is 2.55 bits per heavy atom. The Bertz CT molecular complexity index is 483. The summed E-state index contributed by atoms with van der Waals surface area (Å²) in [5, 5.41) is 2.37. The maximum atomic E-state index is 12.7. The van der Waals surface area contributed by atoms with Crippen LogP contribution in [0.3, 0.4) is 0 Å². The van der Waals surface area contributed by atoms with Gasteiger partial charge in [0.05, 0.1) is 6.20 Å². The fourth-order valence-electron chi connectivity index (χ4n) is 1.41. The standard InChI is InChI=1S/C13H18FN3O3/c1-13(2,3)20-12(19)17-10(11(15)18)6-9-5-4-8(14)7-16-9/h4-5,7,10H,6H2,1-3H3,(H2,15,18)(H,17,19). The third-order valence-electron chi connectivity index (χ3n) is 2.24. The van der Waals surface area contributed by atoms with Crippen molar-refractivity contribution >= 4 is 12.0 Å². The van der Waals surface area contributed by atoms with Crippen LogP contribution in [0.4, 0.5) is 9.18 Å². The van der Waals surface area contributed by atoms with E-state index in [0.717, 1.165) is 6.20 Å². The van der Waals surface area contributed by atoms with Gasteiger partial charge in [0.1, 0.15) is 17.5 Å². The van der Waals surface area contributed by atoms with E-state index >= 15 is 0 Å². The van der Waals surface area contributed by atoms with Crippen LogP contribution in [-0.2, 0) is 16.0 Å². The number of halogens is 1. The first-order chi connectivity index (χ1) is 9.17. The molecule has 1 heterocycles. The lowest BCUT2D eigenvalue weighted by Gasteiger charge is -2.22. The summed E-state index contributed by atoms with van der Waals surface area (Å²) >= 11 is 0. The van der Waals surface area contributed by atoms with Crippen molar-refractivity contribution in [2.45, 2.75) is 38.8 Å². The van der Waals surface area contributed by atoms with E-state index in [0.29, 0.717) is 5.69 Å². The first-order valence-corrected chi connectivity index (χ1v) is 6.06. The van der Waals surface area contributed by atoms with Crippen molar-refractivity contribution in [3.05, 3.63) is 29.8 Å². The summed E-state index contributed by atoms with van der Waals surface area (Å²) in [7, 11) is 0. The van der Waals surface area contributed by atoms with Crippen molar-refractivity contribution in [2.75, 3.05) is 0 Å². The Morgan fingerprint density at radius 1 is 1.45 bits per heavy atom. The van der Waals surface area contributed by atoms with Gasteiger partial charge in [-0.25, -0.2) is 9.18 Å². The molecule has 0 saturated heterocycles. The van der Waals surface area contributed by atoms with E-state index in [1.54, 1.807) is 20.8 Å². The van der Waals surface area contributed by atoms with Gasteiger partial charge >= 0.3 is 6.09 Å². The molecule has 20 heavy (non-hydrogen) atoms. The molecule has 0 saturated carbocycles. The van der Waals surface area contributed by atoms with Crippen LogP contribution in [0, 0.1) is 5.82 Å². The first-order valence-electron chi connectivity index (χ1n) is 6.06. The minimum Gasteiger partial charge on any atom is -0.444 e. The van der Waals surface area contributed by atoms with Crippen LogP contribution < -0.4 is 11.1 Å². The second kappa shape index (κ2) is 6.31. The quantitative estimate of drug-likeness (QED) is 0.866. The lowest BCUT2D eigenvalue weighted by Crippen LogP contribution is -2.47. The molecule has 0 aliphatic carbocycles. The van der Waals surface area contributed by atoms with Crippen molar-refractivity contribution in [3.63, 3.8) is 0 Å². The zero-order valence-corrected chi connectivity index (χ0v) is 11.6. The van der Waals surface area contributed by atoms with Crippen LogP contribution in [0.25, 0.3) is 0 Å². The van der Waals surface area contributed by atoms with E-state index in [1.165, 1.54) is 12.1 Å². The van der Waals surface area contributed by atoms with Crippen LogP contribution in [0.2, 0.25) is 0 Å². The van der Waals surface area contributed by atoms with Crippen LogP contribution in [0.5, 0.6) is 0 Å². The van der Waals surface area contributed by atoms with Crippen molar-refractivity contribution in [2.24, 2.45) is 5.73 Å². The Balaban J connectivity index is 2.68. The summed E-state index contributed by atoms with van der Waals surface area (Å²) in [5.74, 6) is -1.20. The number of amides is 2. The maximum Gasteiger partial charge on any atom is 0.408 e. The van der Waals surface area contributed by atoms with Crippen LogP contribution >= 0.6 is 0 Å². The van der Waals surface area contributed by atoms with Gasteiger partial charge in [0, 0.05) is 12.1 Å². The molecule has 1 unspecified atom stereocenters. The average Bonchev–Trinajstić information content (AvgIpc) is 2.28. The Morgan fingerprint density at radius 2 is 2.10 bits per heavy atom. The molecule has 1 aromatic heterocycles. The molecule has 0 bridgehead atoms. The fraction of sp³-hybridized carbons (Fsp3) is 0.462. The van der Waals surface area contributed by atoms with Gasteiger partial charge in [-0.2, -0.15) is 0 Å². The predicted octanol–water partition coefficient (Wildman–Crippen LogP) is 1.14. The number of hydrogen-bond donors (Lipinski definition) is 2. The normalized spacial score (nSPS) is 12.6. The Labute approximate surface area is 116 Å². The lowest BCUT2D eigenvalue weighted by atomic mass is 10.1. The molecule has 1 atom stereocenters. The highest BCUT2D eigenvalue weighted by Gasteiger charge is 2.23. The number of rotatable bonds is 4. The highest BCUT2D eigenvalue weighted by molar-refractivity contribution is 5.84. The van der Waals surface area contributed by atoms with Gasteiger partial charge in [0.2, 0.25) is 5.91 Å². The number of carbonyl (C=O) groups excluding carboxylic acids is 2. The van der Waals surface area contributed by atoms with Crippen LogP contribution in [0.1, 0.15) is 26.5 Å². The van der Waals surface area contributed by atoms with Crippen molar-refractivity contribution in [3.8, 4) is 0 Å². The van der Waals surface area contributed by atoms with Gasteiger partial charge in [-0.05, 0) is 32.9 Å². The van der Waals surface area contributed by atoms with Crippen molar-refractivity contribution in [1.29, 1.82) is 0 Å². The first kappa shape index (κ1) is 15.9. The molecule has 0 aliphatic rings. The van der Waals surface area contributed by atoms with Gasteiger partial charge in [-0.1, -0.05) is 0 Å². The number of aromatic nitrogens is 1. The lowest BCUT2D eigenvalue weighted by molar-refractivity contribution is -0.120. The number of pyridine rings is 1. The molecule has 2 amide bonds. The third kappa shape index (κ3) is 5.64. The van der Waals surface area contributed by atoms with Crippen LogP contribution in [-0.4, -0.2) is 28.6 Å². The second-order valence-corrected chi connectivity index (χ2v) is 5.27. The van der Waals surface area contributed by atoms with E-state index < -0.39 is 29.5 Å². The topological polar surface area (TPSA) is 94.3 Å². The van der Waals surface area contributed by atoms with E-state index in [-0.39, 0.29) is 6.42 Å². The summed E-state index contributed by atoms with van der Waals surface area (Å²) in [6, 6.07) is 1.67. The number of hydrogen-bond acceptors (Lipinski definition) is 4. The van der Waals surface area contributed by atoms with E-state index in [2.05, 4.69) is 10.3 Å². The number of nitrogens with two attached hydrogens (primary N) is 1. The van der Waals surface area contributed by atoms with Gasteiger partial charge in [-0.3, -0.25) is 9.78 Å². The maximum absolute atomic E-state index is 12.7. The number of primary amides is 1. The predicted molar refractivity (Wildman–Crippen MR) is 70.3 cm³/mol. The molecule has 1 aromatic rings. The van der Waals surface area contributed by atoms with Crippen LogP contribution in [0.15, 0.2) is 18.3 Å². The monoisotopic (exact) mass is 283 g/mol. The molecule has 0 spiro atoms. The summed E-state index contributed by atoms with van der Waals surface area (Å²) in [6.45, 7) is 5.11. The minimum absolute atomic E-state index is 0.0643. The summed E-state index contributed by atoms with van der Waals surface area (Å²) in [5.41, 5.74) is 4.97. The zero-order chi connectivity index (χ0) is 15.3. The largest absolute Gasteiger partial charge is 0.444 e. The molecule has 110 valence electrons. The number of nitrogens with one attached hydrogen (secondary N) is 1. The average molecular weight is 283 g/mol. The number of nitrogens with zero attached hydrogens (tertiary/aromatic N) is 1. The molecular formula is C13H18FN3O3. The fourth-order valence-corrected chi connectivity index (χ4v) is 1.41. The van der Waals surface area contributed by atoms with Gasteiger partial charge < -0.3 is 15.8 Å². The number of alkyl carbamates (subject to hydrolysis) is 1. The highest BCUT2D eigenvalue weighted by atomic mass is 19.1. The molecule has 7 heteroatoms. The molecule has 0 radical (unpaired) electrons. The van der Waals surface area contributed by atoms with E-state index in [1.807, 2.05) is 0 Å². The molecular weight excluding hydrogens is 265 g/mol. The van der Waals surface area contributed by atoms with Crippen molar-refractivity contribution < 1.29 is 18.7 Å². The van der Waals surface area contributed by atoms with Gasteiger partial charge in [0.15, 0.2) is 0 Å². The third-order valence-corrected chi connectivity index (χ3v) is 2.24. The van der Waals surface area contributed by atoms with Gasteiger partial charge in [0.25, 0.3) is 0 Å². The van der Waals surface area contributed by atoms with Gasteiger partial charge in [-0.15, -0.1) is 0 Å². The SMILES string of the molecule is CC(C)(C)OC(=O)NC(Cc1ccc(F)cn1)C(N)=O. The minimum atomic E-state index is -0.970. The summed E-state index contributed by atoms with van der Waals surface area (Å²) in [6.07, 6.45) is 0.346. The Kier molecular flexibility index (Phi) is 5.01. The molecule has 0 aromatic carbocycles. The smallest absolute Gasteiger partial charge is 0.408 e. The van der Waals surface area contributed by atoms with Crippen molar-refractivity contribution in [1.82, 2.24) is 10.3 Å². The zero-order valence-electron chi connectivity index (χ0n) is 11.6. The summed E-state index contributed by atoms with van der Waals surface area (Å²) in [4.78, 5) is 26.7. The Hall–Kier alpha value is -2.18. The second-order valence-electron chi connectivity index (χ2n) is 5.27.